The van der Waals surface area contributed by atoms with Crippen LogP contribution in [-0.2, 0) is 17.6 Å². The topological polar surface area (TPSA) is 58.2 Å². The summed E-state index contributed by atoms with van der Waals surface area (Å²) in [6.45, 7) is 8.54. The molecule has 0 bridgehead atoms. The SMILES string of the molecule is CNC(=O)c1c(NC(=O)C2C(C)(C)C2(C)C)sc2c1CCCC2. The lowest BCUT2D eigenvalue weighted by Gasteiger charge is -2.12. The smallest absolute Gasteiger partial charge is 0.254 e. The van der Waals surface area contributed by atoms with Gasteiger partial charge in [0.25, 0.3) is 5.91 Å². The summed E-state index contributed by atoms with van der Waals surface area (Å²) in [5, 5.41) is 6.54. The third-order valence-electron chi connectivity index (χ3n) is 6.15. The summed E-state index contributed by atoms with van der Waals surface area (Å²) in [5.74, 6) is -0.0515. The molecule has 0 atom stereocenters. The minimum absolute atomic E-state index is 0.00113. The van der Waals surface area contributed by atoms with Crippen molar-refractivity contribution in [1.82, 2.24) is 5.32 Å². The molecule has 1 aromatic heterocycles. The Hall–Kier alpha value is -1.36. The minimum atomic E-state index is -0.0889. The molecule has 1 fully saturated rings. The molecule has 2 aliphatic rings. The molecule has 0 saturated heterocycles. The van der Waals surface area contributed by atoms with Crippen molar-refractivity contribution in [3.63, 3.8) is 0 Å². The van der Waals surface area contributed by atoms with E-state index in [1.165, 1.54) is 4.88 Å². The van der Waals surface area contributed by atoms with Gasteiger partial charge in [-0.25, -0.2) is 0 Å². The van der Waals surface area contributed by atoms with Crippen molar-refractivity contribution in [3.05, 3.63) is 16.0 Å². The van der Waals surface area contributed by atoms with Gasteiger partial charge in [0.1, 0.15) is 5.00 Å². The van der Waals surface area contributed by atoms with Crippen LogP contribution in [0.5, 0.6) is 0 Å². The summed E-state index contributed by atoms with van der Waals surface area (Å²) in [5.41, 5.74) is 1.84. The van der Waals surface area contributed by atoms with E-state index >= 15 is 0 Å². The maximum atomic E-state index is 12.7. The number of rotatable bonds is 3. The van der Waals surface area contributed by atoms with Crippen molar-refractivity contribution in [3.8, 4) is 0 Å². The molecule has 2 aliphatic carbocycles. The van der Waals surface area contributed by atoms with E-state index in [0.717, 1.165) is 36.2 Å². The fourth-order valence-electron chi connectivity index (χ4n) is 4.06. The molecule has 126 valence electrons. The summed E-state index contributed by atoms with van der Waals surface area (Å²) >= 11 is 1.59. The lowest BCUT2D eigenvalue weighted by Crippen LogP contribution is -2.23. The highest BCUT2D eigenvalue weighted by molar-refractivity contribution is 7.17. The van der Waals surface area contributed by atoms with Crippen LogP contribution >= 0.6 is 11.3 Å². The third kappa shape index (κ3) is 2.40. The molecule has 1 heterocycles. The number of fused-ring (bicyclic) bond motifs is 1. The zero-order valence-electron chi connectivity index (χ0n) is 14.6. The largest absolute Gasteiger partial charge is 0.355 e. The van der Waals surface area contributed by atoms with Crippen LogP contribution in [0, 0.1) is 16.7 Å². The van der Waals surface area contributed by atoms with Gasteiger partial charge in [0, 0.05) is 17.8 Å². The van der Waals surface area contributed by atoms with E-state index in [2.05, 4.69) is 38.3 Å². The second-order valence-electron chi connectivity index (χ2n) is 7.86. The Kier molecular flexibility index (Phi) is 3.82. The fourth-order valence-corrected chi connectivity index (χ4v) is 5.34. The van der Waals surface area contributed by atoms with Crippen LogP contribution in [0.3, 0.4) is 0 Å². The summed E-state index contributed by atoms with van der Waals surface area (Å²) in [4.78, 5) is 26.3. The summed E-state index contributed by atoms with van der Waals surface area (Å²) in [6, 6.07) is 0. The number of hydrogen-bond acceptors (Lipinski definition) is 3. The van der Waals surface area contributed by atoms with Crippen LogP contribution in [0.15, 0.2) is 0 Å². The molecule has 1 aromatic rings. The fraction of sp³-hybridized carbons (Fsp3) is 0.667. The summed E-state index contributed by atoms with van der Waals surface area (Å²) < 4.78 is 0. The Balaban J connectivity index is 1.90. The Morgan fingerprint density at radius 3 is 2.26 bits per heavy atom. The maximum absolute atomic E-state index is 12.7. The number of amides is 2. The number of carbonyl (C=O) groups is 2. The van der Waals surface area contributed by atoms with Gasteiger partial charge in [-0.15, -0.1) is 11.3 Å². The first-order valence-electron chi connectivity index (χ1n) is 8.39. The molecule has 0 radical (unpaired) electrons. The molecule has 2 amide bonds. The molecule has 5 heteroatoms. The number of carbonyl (C=O) groups excluding carboxylic acids is 2. The molecule has 0 aromatic carbocycles. The van der Waals surface area contributed by atoms with Crippen LogP contribution in [-0.4, -0.2) is 18.9 Å². The van der Waals surface area contributed by atoms with Gasteiger partial charge in [-0.2, -0.15) is 0 Å². The van der Waals surface area contributed by atoms with E-state index in [0.29, 0.717) is 5.56 Å². The van der Waals surface area contributed by atoms with Crippen LogP contribution < -0.4 is 10.6 Å². The molecule has 4 nitrogen and oxygen atoms in total. The quantitative estimate of drug-likeness (QED) is 0.887. The zero-order valence-corrected chi connectivity index (χ0v) is 15.4. The lowest BCUT2D eigenvalue weighted by molar-refractivity contribution is -0.118. The van der Waals surface area contributed by atoms with Crippen molar-refractivity contribution in [2.45, 2.75) is 53.4 Å². The number of hydrogen-bond donors (Lipinski definition) is 2. The van der Waals surface area contributed by atoms with E-state index in [-0.39, 0.29) is 28.6 Å². The Labute approximate surface area is 142 Å². The van der Waals surface area contributed by atoms with Crippen molar-refractivity contribution >= 4 is 28.2 Å². The van der Waals surface area contributed by atoms with Crippen molar-refractivity contribution < 1.29 is 9.59 Å². The van der Waals surface area contributed by atoms with Crippen LogP contribution in [0.2, 0.25) is 0 Å². The van der Waals surface area contributed by atoms with Gasteiger partial charge in [-0.1, -0.05) is 27.7 Å². The van der Waals surface area contributed by atoms with E-state index < -0.39 is 0 Å². The Bertz CT molecular complexity index is 659. The summed E-state index contributed by atoms with van der Waals surface area (Å²) in [6.07, 6.45) is 4.23. The van der Waals surface area contributed by atoms with Gasteiger partial charge in [-0.05, 0) is 42.1 Å². The monoisotopic (exact) mass is 334 g/mol. The van der Waals surface area contributed by atoms with Crippen molar-refractivity contribution in [1.29, 1.82) is 0 Å². The summed E-state index contributed by atoms with van der Waals surface area (Å²) in [7, 11) is 1.65. The number of thiophene rings is 1. The first kappa shape index (κ1) is 16.5. The standard InChI is InChI=1S/C18H26N2O2S/c1-17(2)13(18(17,3)4)15(22)20-16-12(14(21)19-5)10-8-6-7-9-11(10)23-16/h13H,6-9H2,1-5H3,(H,19,21)(H,20,22). The van der Waals surface area contributed by atoms with Gasteiger partial charge >= 0.3 is 0 Å². The number of nitrogens with one attached hydrogen (secondary N) is 2. The van der Waals surface area contributed by atoms with E-state index in [4.69, 9.17) is 0 Å². The number of aryl methyl sites for hydroxylation is 1. The molecule has 3 rings (SSSR count). The average Bonchev–Trinajstić information content (AvgIpc) is 2.77. The van der Waals surface area contributed by atoms with Gasteiger partial charge in [-0.3, -0.25) is 9.59 Å². The first-order chi connectivity index (χ1) is 10.7. The lowest BCUT2D eigenvalue weighted by atomic mass is 9.95. The van der Waals surface area contributed by atoms with E-state index in [1.54, 1.807) is 18.4 Å². The molecule has 0 spiro atoms. The Morgan fingerprint density at radius 2 is 1.70 bits per heavy atom. The predicted molar refractivity (Wildman–Crippen MR) is 94.0 cm³/mol. The number of anilines is 1. The van der Waals surface area contributed by atoms with Crippen LogP contribution in [0.4, 0.5) is 5.00 Å². The van der Waals surface area contributed by atoms with E-state index in [9.17, 15) is 9.59 Å². The minimum Gasteiger partial charge on any atom is -0.355 e. The normalized spacial score (nSPS) is 21.4. The first-order valence-corrected chi connectivity index (χ1v) is 9.21. The van der Waals surface area contributed by atoms with Crippen LogP contribution in [0.1, 0.15) is 61.3 Å². The third-order valence-corrected chi connectivity index (χ3v) is 7.35. The molecule has 0 unspecified atom stereocenters. The molecule has 0 aliphatic heterocycles. The molecule has 2 N–H and O–H groups in total. The van der Waals surface area contributed by atoms with Gasteiger partial charge in [0.05, 0.1) is 5.56 Å². The highest BCUT2D eigenvalue weighted by Crippen LogP contribution is 2.68. The zero-order chi connectivity index (χ0) is 17.0. The second-order valence-corrected chi connectivity index (χ2v) is 8.96. The highest BCUT2D eigenvalue weighted by Gasteiger charge is 2.68. The van der Waals surface area contributed by atoms with E-state index in [1.807, 2.05) is 0 Å². The molecular formula is C18H26N2O2S. The Morgan fingerprint density at radius 1 is 1.09 bits per heavy atom. The van der Waals surface area contributed by atoms with Gasteiger partial charge in [0.15, 0.2) is 0 Å². The average molecular weight is 334 g/mol. The van der Waals surface area contributed by atoms with Crippen LogP contribution in [0.25, 0.3) is 0 Å². The second kappa shape index (κ2) is 5.33. The maximum Gasteiger partial charge on any atom is 0.254 e. The van der Waals surface area contributed by atoms with Crippen molar-refractivity contribution in [2.24, 2.45) is 16.7 Å². The van der Waals surface area contributed by atoms with Gasteiger partial charge < -0.3 is 10.6 Å². The van der Waals surface area contributed by atoms with Crippen molar-refractivity contribution in [2.75, 3.05) is 12.4 Å². The molecule has 23 heavy (non-hydrogen) atoms. The molecule has 1 saturated carbocycles. The highest BCUT2D eigenvalue weighted by atomic mass is 32.1. The van der Waals surface area contributed by atoms with Gasteiger partial charge in [0.2, 0.25) is 5.91 Å². The predicted octanol–water partition coefficient (Wildman–Crippen LogP) is 3.61. The molecular weight excluding hydrogens is 308 g/mol.